The molecule has 0 atom stereocenters. The fourth-order valence-corrected chi connectivity index (χ4v) is 2.71. The van der Waals surface area contributed by atoms with E-state index in [0.29, 0.717) is 0 Å². The maximum absolute atomic E-state index is 4.41. The lowest BCUT2D eigenvalue weighted by Gasteiger charge is -2.04. The van der Waals surface area contributed by atoms with Crippen LogP contribution in [0, 0.1) is 0 Å². The number of halogens is 1. The maximum atomic E-state index is 4.41. The van der Waals surface area contributed by atoms with E-state index < -0.39 is 0 Å². The Bertz CT molecular complexity index is 706. The summed E-state index contributed by atoms with van der Waals surface area (Å²) in [5.74, 6) is 0. The zero-order chi connectivity index (χ0) is 13.8. The highest BCUT2D eigenvalue weighted by molar-refractivity contribution is 9.10. The van der Waals surface area contributed by atoms with Crippen molar-refractivity contribution >= 4 is 26.8 Å². The largest absolute Gasteiger partial charge is 0.361 e. The van der Waals surface area contributed by atoms with Crippen LogP contribution in [-0.2, 0) is 13.0 Å². The average Bonchev–Trinajstić information content (AvgIpc) is 2.87. The quantitative estimate of drug-likeness (QED) is 0.554. The summed E-state index contributed by atoms with van der Waals surface area (Å²) in [6, 6.07) is 14.4. The number of pyridine rings is 1. The minimum atomic E-state index is 0.793. The van der Waals surface area contributed by atoms with E-state index in [2.05, 4.69) is 61.7 Å². The summed E-state index contributed by atoms with van der Waals surface area (Å²) in [6.07, 6.45) is 3.11. The minimum absolute atomic E-state index is 0.793. The predicted molar refractivity (Wildman–Crippen MR) is 85.6 cm³/mol. The van der Waals surface area contributed by atoms with Gasteiger partial charge in [0.05, 0.1) is 5.69 Å². The lowest BCUT2D eigenvalue weighted by atomic mass is 10.1. The van der Waals surface area contributed by atoms with Crippen molar-refractivity contribution in [3.63, 3.8) is 0 Å². The van der Waals surface area contributed by atoms with E-state index in [1.165, 1.54) is 16.5 Å². The zero-order valence-electron chi connectivity index (χ0n) is 11.1. The lowest BCUT2D eigenvalue weighted by molar-refractivity contribution is 0.675. The van der Waals surface area contributed by atoms with Gasteiger partial charge in [-0.3, -0.25) is 0 Å². The normalized spacial score (nSPS) is 11.1. The Balaban J connectivity index is 1.55. The van der Waals surface area contributed by atoms with Gasteiger partial charge in [-0.2, -0.15) is 0 Å². The topological polar surface area (TPSA) is 40.7 Å². The van der Waals surface area contributed by atoms with Crippen molar-refractivity contribution in [2.24, 2.45) is 0 Å². The first-order valence-corrected chi connectivity index (χ1v) is 7.49. The van der Waals surface area contributed by atoms with Crippen molar-refractivity contribution in [2.45, 2.75) is 13.0 Å². The molecule has 0 radical (unpaired) electrons. The number of nitrogens with zero attached hydrogens (tertiary/aromatic N) is 1. The molecule has 0 unspecified atom stereocenters. The minimum Gasteiger partial charge on any atom is -0.361 e. The van der Waals surface area contributed by atoms with Crippen LogP contribution in [-0.4, -0.2) is 16.5 Å². The molecule has 3 nitrogen and oxygen atoms in total. The molecule has 0 saturated carbocycles. The summed E-state index contributed by atoms with van der Waals surface area (Å²) in [6.45, 7) is 1.73. The van der Waals surface area contributed by atoms with Gasteiger partial charge in [0.1, 0.15) is 4.60 Å². The molecule has 20 heavy (non-hydrogen) atoms. The van der Waals surface area contributed by atoms with E-state index in [1.807, 2.05) is 18.2 Å². The third-order valence-corrected chi connectivity index (χ3v) is 3.77. The van der Waals surface area contributed by atoms with E-state index in [9.17, 15) is 0 Å². The van der Waals surface area contributed by atoms with Crippen LogP contribution in [0.2, 0.25) is 0 Å². The molecule has 2 heterocycles. The van der Waals surface area contributed by atoms with E-state index >= 15 is 0 Å². The number of nitrogens with one attached hydrogen (secondary N) is 2. The summed E-state index contributed by atoms with van der Waals surface area (Å²) < 4.78 is 0.883. The van der Waals surface area contributed by atoms with Crippen LogP contribution in [0.1, 0.15) is 11.3 Å². The number of hydrogen-bond donors (Lipinski definition) is 2. The van der Waals surface area contributed by atoms with Gasteiger partial charge in [-0.15, -0.1) is 0 Å². The summed E-state index contributed by atoms with van der Waals surface area (Å²) in [4.78, 5) is 7.71. The lowest BCUT2D eigenvalue weighted by Crippen LogP contribution is -2.17. The monoisotopic (exact) mass is 329 g/mol. The number of fused-ring (bicyclic) bond motifs is 1. The van der Waals surface area contributed by atoms with Crippen LogP contribution in [0.15, 0.2) is 53.3 Å². The molecule has 0 aliphatic rings. The highest BCUT2D eigenvalue weighted by atomic mass is 79.9. The molecular formula is C16H16BrN3. The molecule has 102 valence electrons. The van der Waals surface area contributed by atoms with Gasteiger partial charge in [0.25, 0.3) is 0 Å². The highest BCUT2D eigenvalue weighted by Gasteiger charge is 2.02. The van der Waals surface area contributed by atoms with Crippen molar-refractivity contribution in [1.29, 1.82) is 0 Å². The second-order valence-electron chi connectivity index (χ2n) is 4.74. The van der Waals surface area contributed by atoms with Crippen molar-refractivity contribution in [2.75, 3.05) is 6.54 Å². The second-order valence-corrected chi connectivity index (χ2v) is 5.55. The van der Waals surface area contributed by atoms with Crippen molar-refractivity contribution in [1.82, 2.24) is 15.3 Å². The molecule has 0 amide bonds. The van der Waals surface area contributed by atoms with Crippen LogP contribution in [0.25, 0.3) is 10.9 Å². The molecule has 3 rings (SSSR count). The molecule has 2 N–H and O–H groups in total. The highest BCUT2D eigenvalue weighted by Crippen LogP contribution is 2.17. The Morgan fingerprint density at radius 2 is 2.00 bits per heavy atom. The molecule has 0 spiro atoms. The molecule has 0 aliphatic carbocycles. The van der Waals surface area contributed by atoms with Crippen LogP contribution in [0.4, 0.5) is 0 Å². The van der Waals surface area contributed by atoms with Crippen LogP contribution in [0.5, 0.6) is 0 Å². The summed E-state index contributed by atoms with van der Waals surface area (Å²) in [7, 11) is 0. The smallest absolute Gasteiger partial charge is 0.106 e. The summed E-state index contributed by atoms with van der Waals surface area (Å²) in [5.41, 5.74) is 3.62. The first-order chi connectivity index (χ1) is 9.83. The molecule has 0 fully saturated rings. The van der Waals surface area contributed by atoms with E-state index in [-0.39, 0.29) is 0 Å². The van der Waals surface area contributed by atoms with Crippen LogP contribution in [0.3, 0.4) is 0 Å². The molecule has 0 aliphatic heterocycles. The number of para-hydroxylation sites is 1. The standard InChI is InChI=1S/C16H16BrN3/c17-16-7-3-4-13(20-16)11-18-9-8-12-10-19-15-6-2-1-5-14(12)15/h1-7,10,18-19H,8-9,11H2. The number of H-pyrrole nitrogens is 1. The second kappa shape index (κ2) is 6.20. The maximum Gasteiger partial charge on any atom is 0.106 e. The van der Waals surface area contributed by atoms with Crippen molar-refractivity contribution in [3.05, 3.63) is 64.5 Å². The molecular weight excluding hydrogens is 314 g/mol. The van der Waals surface area contributed by atoms with Crippen molar-refractivity contribution < 1.29 is 0 Å². The molecule has 1 aromatic carbocycles. The molecule has 0 saturated heterocycles. The van der Waals surface area contributed by atoms with E-state index in [1.54, 1.807) is 0 Å². The van der Waals surface area contributed by atoms with Crippen LogP contribution >= 0.6 is 15.9 Å². The SMILES string of the molecule is Brc1cccc(CNCCc2c[nH]c3ccccc23)n1. The number of hydrogen-bond acceptors (Lipinski definition) is 2. The van der Waals surface area contributed by atoms with E-state index in [0.717, 1.165) is 29.8 Å². The van der Waals surface area contributed by atoms with Gasteiger partial charge in [-0.05, 0) is 52.7 Å². The molecule has 0 bridgehead atoms. The number of aromatic nitrogens is 2. The Morgan fingerprint density at radius 1 is 1.10 bits per heavy atom. The number of benzene rings is 1. The number of rotatable bonds is 5. The molecule has 4 heteroatoms. The van der Waals surface area contributed by atoms with Gasteiger partial charge in [-0.1, -0.05) is 24.3 Å². The third kappa shape index (κ3) is 3.08. The third-order valence-electron chi connectivity index (χ3n) is 3.32. The Morgan fingerprint density at radius 3 is 2.90 bits per heavy atom. The number of aromatic amines is 1. The fraction of sp³-hybridized carbons (Fsp3) is 0.188. The molecule has 3 aromatic rings. The first-order valence-electron chi connectivity index (χ1n) is 6.70. The van der Waals surface area contributed by atoms with Gasteiger partial charge in [-0.25, -0.2) is 4.98 Å². The first kappa shape index (κ1) is 13.3. The van der Waals surface area contributed by atoms with Gasteiger partial charge >= 0.3 is 0 Å². The summed E-state index contributed by atoms with van der Waals surface area (Å²) >= 11 is 3.39. The Labute approximate surface area is 126 Å². The zero-order valence-corrected chi connectivity index (χ0v) is 12.7. The van der Waals surface area contributed by atoms with Crippen LogP contribution < -0.4 is 5.32 Å². The van der Waals surface area contributed by atoms with E-state index in [4.69, 9.17) is 0 Å². The molecule has 2 aromatic heterocycles. The average molecular weight is 330 g/mol. The predicted octanol–water partition coefficient (Wildman–Crippen LogP) is 3.66. The Hall–Kier alpha value is -1.65. The van der Waals surface area contributed by atoms with Gasteiger partial charge in [0, 0.05) is 23.6 Å². The summed E-state index contributed by atoms with van der Waals surface area (Å²) in [5, 5.41) is 4.75. The van der Waals surface area contributed by atoms with Gasteiger partial charge < -0.3 is 10.3 Å². The van der Waals surface area contributed by atoms with Gasteiger partial charge in [0.15, 0.2) is 0 Å². The Kier molecular flexibility index (Phi) is 4.14. The fourth-order valence-electron chi connectivity index (χ4n) is 2.33. The van der Waals surface area contributed by atoms with Crippen molar-refractivity contribution in [3.8, 4) is 0 Å². The van der Waals surface area contributed by atoms with Gasteiger partial charge in [0.2, 0.25) is 0 Å².